The van der Waals surface area contributed by atoms with E-state index in [2.05, 4.69) is 24.3 Å². The lowest BCUT2D eigenvalue weighted by Gasteiger charge is -2.33. The van der Waals surface area contributed by atoms with E-state index in [0.29, 0.717) is 16.5 Å². The van der Waals surface area contributed by atoms with Gasteiger partial charge in [-0.3, -0.25) is 14.5 Å². The number of rotatable bonds is 3. The van der Waals surface area contributed by atoms with Crippen LogP contribution in [-0.4, -0.2) is 28.4 Å². The highest BCUT2D eigenvalue weighted by Crippen LogP contribution is 2.44. The first-order valence-electron chi connectivity index (χ1n) is 11.3. The second-order valence-electron chi connectivity index (χ2n) is 8.87. The fourth-order valence-electron chi connectivity index (χ4n) is 5.74. The van der Waals surface area contributed by atoms with Crippen LogP contribution in [0.3, 0.4) is 0 Å². The van der Waals surface area contributed by atoms with Gasteiger partial charge in [0, 0.05) is 16.5 Å². The zero-order valence-corrected chi connectivity index (χ0v) is 18.2. The van der Waals surface area contributed by atoms with Gasteiger partial charge in [-0.05, 0) is 55.4 Å². The molecule has 0 unspecified atom stereocenters. The molecule has 7 rings (SSSR count). The third-order valence-corrected chi connectivity index (χ3v) is 7.21. The number of aliphatic hydroxyl groups excluding tert-OH is 1. The summed E-state index contributed by atoms with van der Waals surface area (Å²) in [7, 11) is 0. The van der Waals surface area contributed by atoms with E-state index in [9.17, 15) is 14.7 Å². The zero-order chi connectivity index (χ0) is 23.0. The molecule has 1 heterocycles. The predicted octanol–water partition coefficient (Wildman–Crippen LogP) is 6.07. The van der Waals surface area contributed by atoms with Crippen molar-refractivity contribution in [2.45, 2.75) is 6.04 Å². The molecule has 1 aliphatic rings. The Morgan fingerprint density at radius 1 is 0.588 bits per heavy atom. The lowest BCUT2D eigenvalue weighted by Crippen LogP contribution is -2.44. The van der Waals surface area contributed by atoms with Gasteiger partial charge in [-0.15, -0.1) is 0 Å². The molecule has 2 amide bonds. The van der Waals surface area contributed by atoms with Crippen molar-refractivity contribution in [1.29, 1.82) is 0 Å². The molecule has 0 aromatic heterocycles. The lowest BCUT2D eigenvalue weighted by atomic mass is 9.84. The van der Waals surface area contributed by atoms with Crippen molar-refractivity contribution in [1.82, 2.24) is 4.90 Å². The third kappa shape index (κ3) is 2.35. The fraction of sp³-hybridized carbons (Fsp3) is 0.0667. The summed E-state index contributed by atoms with van der Waals surface area (Å²) in [6.45, 7) is -0.342. The first-order chi connectivity index (χ1) is 16.7. The van der Waals surface area contributed by atoms with E-state index in [1.165, 1.54) is 15.7 Å². The van der Waals surface area contributed by atoms with Crippen LogP contribution in [0.2, 0.25) is 0 Å². The van der Waals surface area contributed by atoms with Crippen LogP contribution in [0.4, 0.5) is 0 Å². The maximum absolute atomic E-state index is 13.7. The van der Waals surface area contributed by atoms with Gasteiger partial charge in [0.05, 0.1) is 12.6 Å². The maximum Gasteiger partial charge on any atom is 0.262 e. The summed E-state index contributed by atoms with van der Waals surface area (Å²) in [5.74, 6) is -0.748. The molecular formula is C30H19NO3. The van der Waals surface area contributed by atoms with Crippen LogP contribution in [0.5, 0.6) is 0 Å². The molecule has 1 atom stereocenters. The van der Waals surface area contributed by atoms with Gasteiger partial charge >= 0.3 is 0 Å². The largest absolute Gasteiger partial charge is 0.394 e. The van der Waals surface area contributed by atoms with E-state index < -0.39 is 6.04 Å². The Kier molecular flexibility index (Phi) is 3.88. The minimum Gasteiger partial charge on any atom is -0.394 e. The summed E-state index contributed by atoms with van der Waals surface area (Å²) in [6, 6.07) is 28.7. The number of fused-ring (bicyclic) bond motifs is 2. The van der Waals surface area contributed by atoms with Gasteiger partial charge in [0.15, 0.2) is 0 Å². The summed E-state index contributed by atoms with van der Waals surface area (Å²) in [5, 5.41) is 18.5. The lowest BCUT2D eigenvalue weighted by molar-refractivity contribution is 0.0468. The molecule has 0 aliphatic carbocycles. The number of carbonyl (C=O) groups excluding carboxylic acids is 2. The van der Waals surface area contributed by atoms with E-state index in [1.807, 2.05) is 66.7 Å². The second-order valence-corrected chi connectivity index (χ2v) is 8.87. The molecule has 162 valence electrons. The van der Waals surface area contributed by atoms with Crippen LogP contribution in [-0.2, 0) is 0 Å². The molecule has 1 aliphatic heterocycles. The summed E-state index contributed by atoms with van der Waals surface area (Å²) >= 11 is 0. The van der Waals surface area contributed by atoms with Crippen molar-refractivity contribution < 1.29 is 14.7 Å². The molecule has 6 aromatic carbocycles. The van der Waals surface area contributed by atoms with Crippen LogP contribution in [0.15, 0.2) is 91.0 Å². The van der Waals surface area contributed by atoms with Gasteiger partial charge in [0.1, 0.15) is 0 Å². The Balaban J connectivity index is 1.56. The van der Waals surface area contributed by atoms with Gasteiger partial charge in [-0.25, -0.2) is 0 Å². The molecule has 0 bridgehead atoms. The number of hydrogen-bond donors (Lipinski definition) is 1. The highest BCUT2D eigenvalue weighted by molar-refractivity contribution is 6.38. The van der Waals surface area contributed by atoms with Crippen molar-refractivity contribution in [2.24, 2.45) is 0 Å². The van der Waals surface area contributed by atoms with Gasteiger partial charge in [0.2, 0.25) is 0 Å². The molecule has 0 fully saturated rings. The van der Waals surface area contributed by atoms with Crippen molar-refractivity contribution in [3.8, 4) is 0 Å². The predicted molar refractivity (Wildman–Crippen MR) is 134 cm³/mol. The van der Waals surface area contributed by atoms with E-state index in [0.717, 1.165) is 32.5 Å². The zero-order valence-electron chi connectivity index (χ0n) is 18.2. The molecule has 0 saturated carbocycles. The monoisotopic (exact) mass is 441 g/mol. The number of aliphatic hydroxyl groups is 1. The van der Waals surface area contributed by atoms with Crippen molar-refractivity contribution in [3.63, 3.8) is 0 Å². The first kappa shape index (κ1) is 19.2. The molecule has 34 heavy (non-hydrogen) atoms. The van der Waals surface area contributed by atoms with E-state index >= 15 is 0 Å². The Bertz CT molecular complexity index is 1690. The Labute approximate surface area is 195 Å². The molecule has 4 nitrogen and oxygen atoms in total. The van der Waals surface area contributed by atoms with Crippen molar-refractivity contribution in [3.05, 3.63) is 108 Å². The molecule has 0 radical (unpaired) electrons. The standard InChI is InChI=1S/C30H19NO3/c32-16-25(17-6-2-1-3-7-17)31-29(33)23-14-12-21-19-10-4-8-18-9-5-11-20(26(18)19)22-13-15-24(30(31)34)28(23)27(21)22/h1-15,25,32H,16H2/t25-/m0/s1. The van der Waals surface area contributed by atoms with Crippen LogP contribution in [0, 0.1) is 0 Å². The van der Waals surface area contributed by atoms with E-state index in [1.54, 1.807) is 0 Å². The van der Waals surface area contributed by atoms with Crippen molar-refractivity contribution >= 4 is 54.9 Å². The maximum atomic E-state index is 13.7. The normalized spacial score (nSPS) is 14.7. The van der Waals surface area contributed by atoms with Crippen LogP contribution >= 0.6 is 0 Å². The number of nitrogens with zero attached hydrogens (tertiary/aromatic N) is 1. The molecule has 0 spiro atoms. The molecule has 6 aromatic rings. The summed E-state index contributed by atoms with van der Waals surface area (Å²) < 4.78 is 0. The highest BCUT2D eigenvalue weighted by Gasteiger charge is 2.38. The number of imide groups is 1. The summed E-state index contributed by atoms with van der Waals surface area (Å²) in [4.78, 5) is 28.7. The summed E-state index contributed by atoms with van der Waals surface area (Å²) in [6.07, 6.45) is 0. The number of hydrogen-bond acceptors (Lipinski definition) is 3. The van der Waals surface area contributed by atoms with Gasteiger partial charge < -0.3 is 5.11 Å². The van der Waals surface area contributed by atoms with Crippen LogP contribution < -0.4 is 0 Å². The first-order valence-corrected chi connectivity index (χ1v) is 11.3. The Hall–Kier alpha value is -4.28. The molecular weight excluding hydrogens is 422 g/mol. The Morgan fingerprint density at radius 2 is 1.15 bits per heavy atom. The fourth-order valence-corrected chi connectivity index (χ4v) is 5.74. The van der Waals surface area contributed by atoms with Gasteiger partial charge in [-0.1, -0.05) is 78.9 Å². The molecule has 0 saturated heterocycles. The smallest absolute Gasteiger partial charge is 0.262 e. The topological polar surface area (TPSA) is 57.6 Å². The highest BCUT2D eigenvalue weighted by atomic mass is 16.3. The number of benzene rings is 6. The summed E-state index contributed by atoms with van der Waals surface area (Å²) in [5.41, 5.74) is 1.72. The van der Waals surface area contributed by atoms with Gasteiger partial charge in [0.25, 0.3) is 11.8 Å². The van der Waals surface area contributed by atoms with E-state index in [4.69, 9.17) is 0 Å². The van der Waals surface area contributed by atoms with Crippen molar-refractivity contribution in [2.75, 3.05) is 6.61 Å². The van der Waals surface area contributed by atoms with Crippen LogP contribution in [0.1, 0.15) is 32.3 Å². The number of amides is 2. The third-order valence-electron chi connectivity index (χ3n) is 7.21. The quantitative estimate of drug-likeness (QED) is 0.206. The average molecular weight is 441 g/mol. The number of carbonyl (C=O) groups is 2. The molecule has 1 N–H and O–H groups in total. The minimum absolute atomic E-state index is 0.342. The minimum atomic E-state index is -0.744. The Morgan fingerprint density at radius 3 is 1.71 bits per heavy atom. The molecule has 4 heteroatoms. The SMILES string of the molecule is O=C1c2ccc3c4cccc5cccc(c6ccc(c2c36)C(=O)N1[C@@H](CO)c1ccccc1)c54. The van der Waals surface area contributed by atoms with Gasteiger partial charge in [-0.2, -0.15) is 0 Å². The van der Waals surface area contributed by atoms with E-state index in [-0.39, 0.29) is 18.4 Å². The second kappa shape index (κ2) is 6.86. The average Bonchev–Trinajstić information content (AvgIpc) is 2.89. The van der Waals surface area contributed by atoms with Crippen LogP contribution in [0.25, 0.3) is 43.1 Å².